The van der Waals surface area contributed by atoms with Crippen LogP contribution < -0.4 is 15.5 Å². The summed E-state index contributed by atoms with van der Waals surface area (Å²) in [6.07, 6.45) is 1.38. The molecule has 6 nitrogen and oxygen atoms in total. The van der Waals surface area contributed by atoms with Crippen LogP contribution in [0.4, 0.5) is 5.69 Å². The molecule has 0 aliphatic rings. The lowest BCUT2D eigenvalue weighted by Crippen LogP contribution is -2.34. The Morgan fingerprint density at radius 3 is 2.65 bits per heavy atom. The molecule has 0 unspecified atom stereocenters. The van der Waals surface area contributed by atoms with Crippen LogP contribution in [0.15, 0.2) is 50.4 Å². The predicted molar refractivity (Wildman–Crippen MR) is 110 cm³/mol. The van der Waals surface area contributed by atoms with E-state index in [9.17, 15) is 9.90 Å². The first kappa shape index (κ1) is 20.3. The summed E-state index contributed by atoms with van der Waals surface area (Å²) < 4.78 is 6.69. The number of ether oxygens (including phenoxy) is 1. The minimum absolute atomic E-state index is 0.0479. The van der Waals surface area contributed by atoms with Gasteiger partial charge in [-0.3, -0.25) is 4.79 Å². The quantitative estimate of drug-likeness (QED) is 0.405. The van der Waals surface area contributed by atoms with Crippen molar-refractivity contribution < 1.29 is 14.6 Å². The van der Waals surface area contributed by atoms with Crippen molar-refractivity contribution in [3.63, 3.8) is 0 Å². The van der Waals surface area contributed by atoms with Crippen LogP contribution in [0.2, 0.25) is 0 Å². The van der Waals surface area contributed by atoms with Crippen LogP contribution in [-0.2, 0) is 4.79 Å². The monoisotopic (exact) mass is 483 g/mol. The summed E-state index contributed by atoms with van der Waals surface area (Å²) in [6, 6.07) is 10.3. The molecule has 0 aromatic heterocycles. The maximum Gasteiger partial charge on any atom is 0.262 e. The Balaban J connectivity index is 1.92. The van der Waals surface area contributed by atoms with E-state index in [2.05, 4.69) is 47.7 Å². The van der Waals surface area contributed by atoms with Crippen molar-refractivity contribution in [1.82, 2.24) is 5.43 Å². The molecule has 8 heteroatoms. The highest BCUT2D eigenvalue weighted by Crippen LogP contribution is 2.30. The van der Waals surface area contributed by atoms with E-state index in [0.717, 1.165) is 15.9 Å². The zero-order chi connectivity index (χ0) is 19.1. The SMILES string of the molecule is CCOc1ccc(N[C@@H](C)C(=O)N/N=C/c2cc(Br)cc(Br)c2O)cc1. The lowest BCUT2D eigenvalue weighted by Gasteiger charge is -2.14. The lowest BCUT2D eigenvalue weighted by molar-refractivity contribution is -0.121. The first-order chi connectivity index (χ1) is 12.4. The predicted octanol–water partition coefficient (Wildman–Crippen LogP) is 4.27. The number of phenolic OH excluding ortho intramolecular Hbond substituents is 1. The summed E-state index contributed by atoms with van der Waals surface area (Å²) in [7, 11) is 0. The number of carbonyl (C=O) groups excluding carboxylic acids is 1. The second-order valence-corrected chi connectivity index (χ2v) is 7.15. The molecule has 0 aliphatic heterocycles. The molecule has 2 aromatic rings. The molecule has 0 fully saturated rings. The van der Waals surface area contributed by atoms with Crippen LogP contribution in [-0.4, -0.2) is 29.9 Å². The van der Waals surface area contributed by atoms with Gasteiger partial charge in [-0.1, -0.05) is 15.9 Å². The first-order valence-corrected chi connectivity index (χ1v) is 9.49. The average molecular weight is 485 g/mol. The van der Waals surface area contributed by atoms with E-state index in [1.165, 1.54) is 6.21 Å². The number of carbonyl (C=O) groups is 1. The number of benzene rings is 2. The van der Waals surface area contributed by atoms with Gasteiger partial charge in [0.2, 0.25) is 0 Å². The molecule has 0 saturated carbocycles. The van der Waals surface area contributed by atoms with Gasteiger partial charge in [-0.2, -0.15) is 5.10 Å². The van der Waals surface area contributed by atoms with Crippen LogP contribution in [0, 0.1) is 0 Å². The molecular weight excluding hydrogens is 466 g/mol. The normalized spacial score (nSPS) is 12.0. The minimum Gasteiger partial charge on any atom is -0.506 e. The van der Waals surface area contributed by atoms with Gasteiger partial charge in [0.25, 0.3) is 5.91 Å². The molecule has 1 atom stereocenters. The number of amides is 1. The molecule has 26 heavy (non-hydrogen) atoms. The van der Waals surface area contributed by atoms with E-state index in [1.807, 2.05) is 31.2 Å². The molecule has 0 aliphatic carbocycles. The van der Waals surface area contributed by atoms with Crippen LogP contribution >= 0.6 is 31.9 Å². The molecule has 3 N–H and O–H groups in total. The zero-order valence-electron chi connectivity index (χ0n) is 14.3. The molecule has 0 bridgehead atoms. The van der Waals surface area contributed by atoms with Gasteiger partial charge in [-0.05, 0) is 66.2 Å². The van der Waals surface area contributed by atoms with E-state index in [4.69, 9.17) is 4.74 Å². The third-order valence-corrected chi connectivity index (χ3v) is 4.44. The molecule has 0 heterocycles. The number of aromatic hydroxyl groups is 1. The molecule has 1 amide bonds. The standard InChI is InChI=1S/C18H19Br2N3O3/c1-3-26-15-6-4-14(5-7-15)22-11(2)18(25)23-21-10-12-8-13(19)9-16(20)17(12)24/h4-11,22,24H,3H2,1-2H3,(H,23,25)/b21-10+/t11-/m0/s1. The van der Waals surface area contributed by atoms with Crippen LogP contribution in [0.25, 0.3) is 0 Å². The zero-order valence-corrected chi connectivity index (χ0v) is 17.5. The van der Waals surface area contributed by atoms with Gasteiger partial charge in [-0.25, -0.2) is 5.43 Å². The number of hydrogen-bond acceptors (Lipinski definition) is 5. The molecule has 2 rings (SSSR count). The summed E-state index contributed by atoms with van der Waals surface area (Å²) in [5, 5.41) is 16.9. The fourth-order valence-corrected chi connectivity index (χ4v) is 3.33. The van der Waals surface area contributed by atoms with Crippen molar-refractivity contribution in [3.8, 4) is 11.5 Å². The van der Waals surface area contributed by atoms with Crippen molar-refractivity contribution in [2.75, 3.05) is 11.9 Å². The number of anilines is 1. The van der Waals surface area contributed by atoms with Gasteiger partial charge in [0.05, 0.1) is 17.3 Å². The second kappa shape index (κ2) is 9.59. The lowest BCUT2D eigenvalue weighted by atomic mass is 10.2. The van der Waals surface area contributed by atoms with Crippen LogP contribution in [0.5, 0.6) is 11.5 Å². The van der Waals surface area contributed by atoms with E-state index < -0.39 is 6.04 Å². The van der Waals surface area contributed by atoms with Crippen molar-refractivity contribution in [2.45, 2.75) is 19.9 Å². The van der Waals surface area contributed by atoms with Gasteiger partial charge in [-0.15, -0.1) is 0 Å². The van der Waals surface area contributed by atoms with Crippen LogP contribution in [0.1, 0.15) is 19.4 Å². The molecule has 0 radical (unpaired) electrons. The number of rotatable bonds is 7. The van der Waals surface area contributed by atoms with Crippen molar-refractivity contribution >= 4 is 49.7 Å². The van der Waals surface area contributed by atoms with Crippen molar-refractivity contribution in [3.05, 3.63) is 50.9 Å². The summed E-state index contributed by atoms with van der Waals surface area (Å²) in [6.45, 7) is 4.26. The topological polar surface area (TPSA) is 83.0 Å². The Morgan fingerprint density at radius 1 is 1.31 bits per heavy atom. The van der Waals surface area contributed by atoms with Gasteiger partial charge in [0, 0.05) is 15.7 Å². The molecule has 0 spiro atoms. The highest BCUT2D eigenvalue weighted by Gasteiger charge is 2.12. The van der Waals surface area contributed by atoms with E-state index in [1.54, 1.807) is 19.1 Å². The Hall–Kier alpha value is -2.06. The number of phenols is 1. The van der Waals surface area contributed by atoms with E-state index in [-0.39, 0.29) is 11.7 Å². The fraction of sp³-hybridized carbons (Fsp3) is 0.222. The highest BCUT2D eigenvalue weighted by atomic mass is 79.9. The van der Waals surface area contributed by atoms with Gasteiger partial charge in [0.1, 0.15) is 17.5 Å². The number of hydrazone groups is 1. The Bertz CT molecular complexity index is 795. The van der Waals surface area contributed by atoms with E-state index >= 15 is 0 Å². The van der Waals surface area contributed by atoms with Gasteiger partial charge >= 0.3 is 0 Å². The number of nitrogens with one attached hydrogen (secondary N) is 2. The number of nitrogens with zero attached hydrogens (tertiary/aromatic N) is 1. The summed E-state index contributed by atoms with van der Waals surface area (Å²) in [4.78, 5) is 12.1. The number of hydrogen-bond donors (Lipinski definition) is 3. The maximum absolute atomic E-state index is 12.1. The molecule has 2 aromatic carbocycles. The second-order valence-electron chi connectivity index (χ2n) is 5.38. The maximum atomic E-state index is 12.1. The highest BCUT2D eigenvalue weighted by molar-refractivity contribution is 9.11. The van der Waals surface area contributed by atoms with Crippen LogP contribution in [0.3, 0.4) is 0 Å². The Kier molecular flexibility index (Phi) is 7.47. The molecule has 0 saturated heterocycles. The third-order valence-electron chi connectivity index (χ3n) is 3.38. The van der Waals surface area contributed by atoms with Gasteiger partial charge < -0.3 is 15.2 Å². The number of halogens is 2. The smallest absolute Gasteiger partial charge is 0.262 e. The molecule has 138 valence electrons. The first-order valence-electron chi connectivity index (χ1n) is 7.91. The summed E-state index contributed by atoms with van der Waals surface area (Å²) in [5.41, 5.74) is 3.72. The molecular formula is C18H19Br2N3O3. The van der Waals surface area contributed by atoms with Crippen molar-refractivity contribution in [2.24, 2.45) is 5.10 Å². The Labute approximate surface area is 168 Å². The fourth-order valence-electron chi connectivity index (χ4n) is 2.08. The largest absolute Gasteiger partial charge is 0.506 e. The van der Waals surface area contributed by atoms with Gasteiger partial charge in [0.15, 0.2) is 0 Å². The average Bonchev–Trinajstić information content (AvgIpc) is 2.60. The third kappa shape index (κ3) is 5.74. The van der Waals surface area contributed by atoms with Crippen molar-refractivity contribution in [1.29, 1.82) is 0 Å². The van der Waals surface area contributed by atoms with E-state index in [0.29, 0.717) is 16.6 Å². The summed E-state index contributed by atoms with van der Waals surface area (Å²) in [5.74, 6) is 0.523. The summed E-state index contributed by atoms with van der Waals surface area (Å²) >= 11 is 6.58. The Morgan fingerprint density at radius 2 is 2.00 bits per heavy atom. The minimum atomic E-state index is -0.493.